The molecule has 4 atom stereocenters. The van der Waals surface area contributed by atoms with Gasteiger partial charge in [0.05, 0.1) is 0 Å². The van der Waals surface area contributed by atoms with Crippen LogP contribution < -0.4 is 5.32 Å². The van der Waals surface area contributed by atoms with Crippen molar-refractivity contribution in [2.75, 3.05) is 6.54 Å². The molecule has 0 heterocycles. The van der Waals surface area contributed by atoms with Crippen molar-refractivity contribution in [2.24, 2.45) is 11.8 Å². The summed E-state index contributed by atoms with van der Waals surface area (Å²) < 4.78 is 0. The zero-order chi connectivity index (χ0) is 14.1. The maximum absolute atomic E-state index is 12.4. The van der Waals surface area contributed by atoms with E-state index in [2.05, 4.69) is 52.4 Å². The van der Waals surface area contributed by atoms with Gasteiger partial charge in [0.25, 0.3) is 0 Å². The third kappa shape index (κ3) is 2.65. The summed E-state index contributed by atoms with van der Waals surface area (Å²) in [7, 11) is 0. The highest BCUT2D eigenvalue weighted by Crippen LogP contribution is 2.59. The van der Waals surface area contributed by atoms with Gasteiger partial charge in [-0.25, -0.2) is 0 Å². The zero-order valence-corrected chi connectivity index (χ0v) is 13.5. The van der Waals surface area contributed by atoms with Gasteiger partial charge in [-0.1, -0.05) is 53.5 Å². The maximum Gasteiger partial charge on any atom is 0.224 e. The van der Waals surface area contributed by atoms with Crippen LogP contribution in [0, 0.1) is 11.8 Å². The monoisotopic (exact) mass is 335 g/mol. The van der Waals surface area contributed by atoms with Crippen molar-refractivity contribution < 1.29 is 4.79 Å². The van der Waals surface area contributed by atoms with E-state index >= 15 is 0 Å². The summed E-state index contributed by atoms with van der Waals surface area (Å²) >= 11 is 3.62. The number of carbonyl (C=O) groups excluding carboxylic acids is 1. The molecular formula is C17H22BrNO. The van der Waals surface area contributed by atoms with E-state index in [9.17, 15) is 4.79 Å². The lowest BCUT2D eigenvalue weighted by atomic mass is 9.92. The Morgan fingerprint density at radius 3 is 3.05 bits per heavy atom. The second-order valence-corrected chi connectivity index (χ2v) is 7.38. The number of hydrogen-bond acceptors (Lipinski definition) is 1. The van der Waals surface area contributed by atoms with Gasteiger partial charge in [0.15, 0.2) is 0 Å². The number of hydrogen-bond donors (Lipinski definition) is 1. The Hall–Kier alpha value is -0.830. The molecule has 108 valence electrons. The Bertz CT molecular complexity index is 502. The molecule has 2 nitrogen and oxygen atoms in total. The first-order valence-corrected chi connectivity index (χ1v) is 8.63. The molecule has 0 spiro atoms. The topological polar surface area (TPSA) is 29.1 Å². The van der Waals surface area contributed by atoms with Gasteiger partial charge < -0.3 is 5.32 Å². The molecule has 0 aromatic heterocycles. The van der Waals surface area contributed by atoms with E-state index in [1.165, 1.54) is 17.5 Å². The Kier molecular flexibility index (Phi) is 4.16. The first-order chi connectivity index (χ1) is 9.72. The number of aryl methyl sites for hydroxylation is 1. The number of rotatable bonds is 5. The summed E-state index contributed by atoms with van der Waals surface area (Å²) in [5, 5.41) is 3.13. The van der Waals surface area contributed by atoms with Gasteiger partial charge in [-0.3, -0.25) is 4.79 Å². The van der Waals surface area contributed by atoms with E-state index in [1.54, 1.807) is 0 Å². The number of nitrogens with one attached hydrogen (secondary N) is 1. The van der Waals surface area contributed by atoms with Gasteiger partial charge in [0.2, 0.25) is 5.91 Å². The molecule has 0 saturated heterocycles. The van der Waals surface area contributed by atoms with Gasteiger partial charge in [0.1, 0.15) is 0 Å². The van der Waals surface area contributed by atoms with Crippen molar-refractivity contribution in [3.8, 4) is 0 Å². The zero-order valence-electron chi connectivity index (χ0n) is 11.9. The molecule has 1 aromatic carbocycles. The molecule has 3 rings (SSSR count). The van der Waals surface area contributed by atoms with Crippen LogP contribution in [0.5, 0.6) is 0 Å². The Balaban J connectivity index is 1.60. The van der Waals surface area contributed by atoms with Crippen molar-refractivity contribution in [2.45, 2.75) is 43.4 Å². The van der Waals surface area contributed by atoms with E-state index in [0.717, 1.165) is 25.8 Å². The quantitative estimate of drug-likeness (QED) is 0.817. The molecule has 3 heteroatoms. The van der Waals surface area contributed by atoms with Gasteiger partial charge in [-0.2, -0.15) is 0 Å². The molecule has 4 unspecified atom stereocenters. The summed E-state index contributed by atoms with van der Waals surface area (Å²) in [5.41, 5.74) is 2.88. The molecule has 1 aromatic rings. The van der Waals surface area contributed by atoms with Gasteiger partial charge in [0, 0.05) is 17.3 Å². The standard InChI is InChI=1S/C17H22BrNO/c1-2-5-12(18)10-19-17(20)16-14-9-8-11-6-3-4-7-13(11)15(14)16/h3-4,6-7,12,14-16H,2,5,8-10H2,1H3,(H,19,20). The number of amides is 1. The van der Waals surface area contributed by atoms with E-state index in [-0.39, 0.29) is 11.8 Å². The highest BCUT2D eigenvalue weighted by atomic mass is 79.9. The fourth-order valence-electron chi connectivity index (χ4n) is 3.67. The van der Waals surface area contributed by atoms with E-state index < -0.39 is 0 Å². The van der Waals surface area contributed by atoms with Crippen molar-refractivity contribution >= 4 is 21.8 Å². The van der Waals surface area contributed by atoms with Crippen LogP contribution in [0.4, 0.5) is 0 Å². The summed E-state index contributed by atoms with van der Waals surface area (Å²) in [5.74, 6) is 1.56. The molecule has 1 amide bonds. The largest absolute Gasteiger partial charge is 0.355 e. The highest BCUT2D eigenvalue weighted by molar-refractivity contribution is 9.09. The maximum atomic E-state index is 12.4. The molecule has 20 heavy (non-hydrogen) atoms. The molecule has 1 N–H and O–H groups in total. The van der Waals surface area contributed by atoms with Crippen molar-refractivity contribution in [3.63, 3.8) is 0 Å². The van der Waals surface area contributed by atoms with Gasteiger partial charge in [-0.15, -0.1) is 0 Å². The van der Waals surface area contributed by atoms with Crippen LogP contribution in [-0.4, -0.2) is 17.3 Å². The number of halogens is 1. The lowest BCUT2D eigenvalue weighted by molar-refractivity contribution is -0.122. The molecule has 0 radical (unpaired) electrons. The summed E-state index contributed by atoms with van der Waals surface area (Å²) in [6.45, 7) is 2.92. The fraction of sp³-hybridized carbons (Fsp3) is 0.588. The van der Waals surface area contributed by atoms with Crippen molar-refractivity contribution in [1.29, 1.82) is 0 Å². The van der Waals surface area contributed by atoms with Crippen LogP contribution >= 0.6 is 15.9 Å². The van der Waals surface area contributed by atoms with Crippen LogP contribution in [-0.2, 0) is 11.2 Å². The predicted molar refractivity (Wildman–Crippen MR) is 85.1 cm³/mol. The van der Waals surface area contributed by atoms with Crippen LogP contribution in [0.2, 0.25) is 0 Å². The molecule has 2 aliphatic rings. The first-order valence-electron chi connectivity index (χ1n) is 7.72. The minimum absolute atomic E-state index is 0.222. The molecule has 1 saturated carbocycles. The summed E-state index contributed by atoms with van der Waals surface area (Å²) in [6.07, 6.45) is 4.57. The van der Waals surface area contributed by atoms with Crippen molar-refractivity contribution in [3.05, 3.63) is 35.4 Å². The van der Waals surface area contributed by atoms with E-state index in [0.29, 0.717) is 16.7 Å². The van der Waals surface area contributed by atoms with Crippen LogP contribution in [0.3, 0.4) is 0 Å². The SMILES string of the molecule is CCCC(Br)CNC(=O)C1C2CCc3ccccc3C21. The number of alkyl halides is 1. The van der Waals surface area contributed by atoms with Gasteiger partial charge in [-0.05, 0) is 42.2 Å². The molecule has 0 aliphatic heterocycles. The Labute approximate surface area is 129 Å². The third-order valence-corrected chi connectivity index (χ3v) is 5.51. The number of benzene rings is 1. The molecular weight excluding hydrogens is 314 g/mol. The predicted octanol–water partition coefficient (Wildman–Crippen LogP) is 3.64. The minimum Gasteiger partial charge on any atom is -0.355 e. The lowest BCUT2D eigenvalue weighted by Gasteiger charge is -2.13. The van der Waals surface area contributed by atoms with E-state index in [1.807, 2.05) is 0 Å². The fourth-order valence-corrected chi connectivity index (χ4v) is 4.29. The van der Waals surface area contributed by atoms with Crippen molar-refractivity contribution in [1.82, 2.24) is 5.32 Å². The third-order valence-electron chi connectivity index (χ3n) is 4.73. The second kappa shape index (κ2) is 5.88. The molecule has 1 fully saturated rings. The van der Waals surface area contributed by atoms with Crippen LogP contribution in [0.25, 0.3) is 0 Å². The molecule has 0 bridgehead atoms. The van der Waals surface area contributed by atoms with Gasteiger partial charge >= 0.3 is 0 Å². The van der Waals surface area contributed by atoms with E-state index in [4.69, 9.17) is 0 Å². The summed E-state index contributed by atoms with van der Waals surface area (Å²) in [4.78, 5) is 12.8. The first kappa shape index (κ1) is 14.1. The Morgan fingerprint density at radius 1 is 1.45 bits per heavy atom. The normalized spacial score (nSPS) is 28.2. The molecule has 2 aliphatic carbocycles. The lowest BCUT2D eigenvalue weighted by Crippen LogP contribution is -2.31. The average Bonchev–Trinajstić information content (AvgIpc) is 3.20. The average molecular weight is 336 g/mol. The highest BCUT2D eigenvalue weighted by Gasteiger charge is 2.56. The minimum atomic E-state index is 0.222. The Morgan fingerprint density at radius 2 is 2.25 bits per heavy atom. The van der Waals surface area contributed by atoms with Crippen LogP contribution in [0.15, 0.2) is 24.3 Å². The summed E-state index contributed by atoms with van der Waals surface area (Å²) in [6, 6.07) is 8.64. The number of fused-ring (bicyclic) bond motifs is 3. The second-order valence-electron chi connectivity index (χ2n) is 6.08. The number of carbonyl (C=O) groups is 1. The smallest absolute Gasteiger partial charge is 0.224 e. The van der Waals surface area contributed by atoms with Crippen LogP contribution in [0.1, 0.15) is 43.2 Å².